The number of likely N-dealkylation sites (tertiary alicyclic amines) is 1. The van der Waals surface area contributed by atoms with E-state index in [4.69, 9.17) is 8.83 Å². The third-order valence-electron chi connectivity index (χ3n) is 6.30. The number of carbonyl (C=O) groups is 1. The van der Waals surface area contributed by atoms with Crippen molar-refractivity contribution in [3.05, 3.63) is 60.0 Å². The molecular formula is C24H24N4O3. The van der Waals surface area contributed by atoms with Gasteiger partial charge in [-0.1, -0.05) is 30.3 Å². The van der Waals surface area contributed by atoms with Gasteiger partial charge in [-0.05, 0) is 43.4 Å². The van der Waals surface area contributed by atoms with Crippen molar-refractivity contribution < 1.29 is 13.6 Å². The highest BCUT2D eigenvalue weighted by molar-refractivity contribution is 5.80. The average Bonchev–Trinajstić information content (AvgIpc) is 3.59. The number of oxazole rings is 1. The Morgan fingerprint density at radius 1 is 1.06 bits per heavy atom. The van der Waals surface area contributed by atoms with Gasteiger partial charge >= 0.3 is 0 Å². The number of nitrogens with zero attached hydrogens (tertiary/aromatic N) is 4. The zero-order chi connectivity index (χ0) is 21.2. The summed E-state index contributed by atoms with van der Waals surface area (Å²) in [5, 5.41) is 9.49. The molecule has 0 radical (unpaired) electrons. The fraction of sp³-hybridized carbons (Fsp3) is 0.375. The fourth-order valence-electron chi connectivity index (χ4n) is 4.72. The van der Waals surface area contributed by atoms with Crippen LogP contribution in [0.25, 0.3) is 11.7 Å². The molecule has 5 rings (SSSR count). The molecule has 1 amide bonds. The quantitative estimate of drug-likeness (QED) is 0.627. The van der Waals surface area contributed by atoms with Crippen molar-refractivity contribution in [2.24, 2.45) is 5.92 Å². The monoisotopic (exact) mass is 416 g/mol. The van der Waals surface area contributed by atoms with Crippen molar-refractivity contribution in [3.8, 4) is 17.7 Å². The largest absolute Gasteiger partial charge is 0.459 e. The normalized spacial score (nSPS) is 19.5. The van der Waals surface area contributed by atoms with E-state index in [9.17, 15) is 10.1 Å². The molecule has 1 aromatic carbocycles. The van der Waals surface area contributed by atoms with Crippen LogP contribution in [-0.2, 0) is 4.79 Å². The van der Waals surface area contributed by atoms with E-state index >= 15 is 0 Å². The second kappa shape index (κ2) is 8.31. The molecule has 2 aliphatic rings. The van der Waals surface area contributed by atoms with Crippen LogP contribution in [0.3, 0.4) is 0 Å². The lowest BCUT2D eigenvalue weighted by Crippen LogP contribution is -2.42. The smallest absolute Gasteiger partial charge is 0.266 e. The van der Waals surface area contributed by atoms with Crippen molar-refractivity contribution in [3.63, 3.8) is 0 Å². The number of carbonyl (C=O) groups excluding carboxylic acids is 1. The van der Waals surface area contributed by atoms with E-state index in [1.54, 1.807) is 18.4 Å². The summed E-state index contributed by atoms with van der Waals surface area (Å²) in [6, 6.07) is 16.1. The summed E-state index contributed by atoms with van der Waals surface area (Å²) in [4.78, 5) is 21.7. The highest BCUT2D eigenvalue weighted by Gasteiger charge is 2.36. The Bertz CT molecular complexity index is 1080. The van der Waals surface area contributed by atoms with Crippen LogP contribution in [0.1, 0.15) is 43.0 Å². The standard InChI is InChI=1S/C24H24N4O3/c25-16-19-24(31-22(26-19)21-9-5-15-30-21)27-13-10-18(11-14-27)23(29)28-12-4-8-20(28)17-6-2-1-3-7-17/h1-3,5-7,9,15,18,20H,4,8,10-14H2. The minimum absolute atomic E-state index is 0.00133. The SMILES string of the molecule is N#Cc1nc(-c2ccco2)oc1N1CCC(C(=O)N2CCCC2c2ccccc2)CC1. The van der Waals surface area contributed by atoms with Crippen LogP contribution < -0.4 is 4.90 Å². The van der Waals surface area contributed by atoms with Crippen molar-refractivity contribution in [1.29, 1.82) is 5.26 Å². The van der Waals surface area contributed by atoms with Crippen LogP contribution in [0.2, 0.25) is 0 Å². The van der Waals surface area contributed by atoms with Gasteiger partial charge < -0.3 is 18.6 Å². The van der Waals surface area contributed by atoms with Gasteiger partial charge in [-0.15, -0.1) is 0 Å². The summed E-state index contributed by atoms with van der Waals surface area (Å²) in [5.74, 6) is 1.51. The number of nitriles is 1. The molecule has 1 atom stereocenters. The number of furan rings is 1. The maximum Gasteiger partial charge on any atom is 0.266 e. The summed E-state index contributed by atoms with van der Waals surface area (Å²) in [6.45, 7) is 2.13. The molecule has 0 saturated carbocycles. The number of aromatic nitrogens is 1. The lowest BCUT2D eigenvalue weighted by atomic mass is 9.94. The summed E-state index contributed by atoms with van der Waals surface area (Å²) >= 11 is 0. The van der Waals surface area contributed by atoms with E-state index in [1.807, 2.05) is 23.1 Å². The maximum atomic E-state index is 13.3. The first-order chi connectivity index (χ1) is 15.2. The van der Waals surface area contributed by atoms with Gasteiger partial charge in [-0.2, -0.15) is 10.2 Å². The van der Waals surface area contributed by atoms with Crippen LogP contribution in [0.15, 0.2) is 57.6 Å². The van der Waals surface area contributed by atoms with Gasteiger partial charge in [0.15, 0.2) is 5.76 Å². The number of hydrogen-bond acceptors (Lipinski definition) is 6. The zero-order valence-corrected chi connectivity index (χ0v) is 17.2. The molecule has 2 saturated heterocycles. The molecule has 7 nitrogen and oxygen atoms in total. The van der Waals surface area contributed by atoms with E-state index in [0.29, 0.717) is 30.6 Å². The molecule has 7 heteroatoms. The second-order valence-electron chi connectivity index (χ2n) is 8.12. The van der Waals surface area contributed by atoms with Gasteiger partial charge in [0.05, 0.1) is 12.3 Å². The first-order valence-corrected chi connectivity index (χ1v) is 10.8. The van der Waals surface area contributed by atoms with Crippen LogP contribution in [-0.4, -0.2) is 35.4 Å². The molecule has 2 aliphatic heterocycles. The second-order valence-corrected chi connectivity index (χ2v) is 8.12. The Balaban J connectivity index is 1.27. The Morgan fingerprint density at radius 3 is 2.58 bits per heavy atom. The van der Waals surface area contributed by atoms with Gasteiger partial charge in [0.1, 0.15) is 6.07 Å². The molecule has 0 bridgehead atoms. The van der Waals surface area contributed by atoms with Crippen LogP contribution in [0, 0.1) is 17.2 Å². The van der Waals surface area contributed by atoms with Gasteiger partial charge in [-0.3, -0.25) is 4.79 Å². The highest BCUT2D eigenvalue weighted by atomic mass is 16.4. The van der Waals surface area contributed by atoms with Crippen molar-refractivity contribution >= 4 is 11.8 Å². The summed E-state index contributed by atoms with van der Waals surface area (Å²) < 4.78 is 11.2. The van der Waals surface area contributed by atoms with Crippen LogP contribution in [0.5, 0.6) is 0 Å². The summed E-state index contributed by atoms with van der Waals surface area (Å²) in [5.41, 5.74) is 1.47. The molecule has 2 aromatic heterocycles. The molecule has 0 aliphatic carbocycles. The number of anilines is 1. The van der Waals surface area contributed by atoms with Crippen LogP contribution >= 0.6 is 0 Å². The first-order valence-electron chi connectivity index (χ1n) is 10.8. The number of benzene rings is 1. The third-order valence-corrected chi connectivity index (χ3v) is 6.30. The topological polar surface area (TPSA) is 86.5 Å². The van der Waals surface area contributed by atoms with E-state index in [-0.39, 0.29) is 23.6 Å². The summed E-state index contributed by atoms with van der Waals surface area (Å²) in [7, 11) is 0. The number of piperidine rings is 1. The van der Waals surface area contributed by atoms with Crippen molar-refractivity contribution in [2.75, 3.05) is 24.5 Å². The van der Waals surface area contributed by atoms with Gasteiger partial charge in [0, 0.05) is 25.6 Å². The van der Waals surface area contributed by atoms with Gasteiger partial charge in [0.25, 0.3) is 5.89 Å². The Kier molecular flexibility index (Phi) is 5.21. The Morgan fingerprint density at radius 2 is 1.87 bits per heavy atom. The predicted octanol–water partition coefficient (Wildman–Crippen LogP) is 4.39. The molecule has 2 fully saturated rings. The number of rotatable bonds is 4. The average molecular weight is 416 g/mol. The molecule has 0 spiro atoms. The predicted molar refractivity (Wildman–Crippen MR) is 114 cm³/mol. The Labute approximate surface area is 180 Å². The van der Waals surface area contributed by atoms with E-state index in [0.717, 1.165) is 32.2 Å². The van der Waals surface area contributed by atoms with E-state index in [1.165, 1.54) is 5.56 Å². The van der Waals surface area contributed by atoms with Crippen molar-refractivity contribution in [2.45, 2.75) is 31.7 Å². The molecular weight excluding hydrogens is 392 g/mol. The highest BCUT2D eigenvalue weighted by Crippen LogP contribution is 2.36. The number of amides is 1. The molecule has 31 heavy (non-hydrogen) atoms. The zero-order valence-electron chi connectivity index (χ0n) is 17.2. The summed E-state index contributed by atoms with van der Waals surface area (Å²) in [6.07, 6.45) is 5.08. The minimum atomic E-state index is -0.00133. The van der Waals surface area contributed by atoms with E-state index in [2.05, 4.69) is 28.1 Å². The molecule has 0 N–H and O–H groups in total. The first kappa shape index (κ1) is 19.4. The minimum Gasteiger partial charge on any atom is -0.459 e. The molecule has 158 valence electrons. The van der Waals surface area contributed by atoms with E-state index < -0.39 is 0 Å². The van der Waals surface area contributed by atoms with Gasteiger partial charge in [-0.25, -0.2) is 0 Å². The number of hydrogen-bond donors (Lipinski definition) is 0. The fourth-order valence-corrected chi connectivity index (χ4v) is 4.72. The third kappa shape index (κ3) is 3.70. The lowest BCUT2D eigenvalue weighted by molar-refractivity contribution is -0.137. The Hall–Kier alpha value is -3.53. The van der Waals surface area contributed by atoms with Crippen LogP contribution in [0.4, 0.5) is 5.88 Å². The lowest BCUT2D eigenvalue weighted by Gasteiger charge is -2.34. The molecule has 3 aromatic rings. The molecule has 4 heterocycles. The molecule has 1 unspecified atom stereocenters. The maximum absolute atomic E-state index is 13.3. The van der Waals surface area contributed by atoms with Crippen molar-refractivity contribution in [1.82, 2.24) is 9.88 Å². The van der Waals surface area contributed by atoms with Gasteiger partial charge in [0.2, 0.25) is 17.5 Å².